The Kier molecular flexibility index (Phi) is 6.68. The van der Waals surface area contributed by atoms with Gasteiger partial charge in [0.15, 0.2) is 16.6 Å². The molecule has 1 aromatic heterocycles. The van der Waals surface area contributed by atoms with Gasteiger partial charge in [-0.25, -0.2) is 4.98 Å². The summed E-state index contributed by atoms with van der Waals surface area (Å²) in [6, 6.07) is 5.19. The van der Waals surface area contributed by atoms with Crippen LogP contribution in [-0.2, 0) is 6.54 Å². The fourth-order valence-electron chi connectivity index (χ4n) is 3.11. The van der Waals surface area contributed by atoms with E-state index < -0.39 is 0 Å². The SMILES string of the molecule is COc1cc(C(=O)Nc2nc(CN3CCCCC3)cs2)ccc1OC(C)C. The summed E-state index contributed by atoms with van der Waals surface area (Å²) >= 11 is 1.46. The molecular weight excluding hydrogens is 362 g/mol. The molecule has 0 saturated carbocycles. The number of hydrogen-bond donors (Lipinski definition) is 1. The standard InChI is InChI=1S/C20H27N3O3S/c1-14(2)26-17-8-7-15(11-18(17)25-3)19(24)22-20-21-16(13-27-20)12-23-9-5-4-6-10-23/h7-8,11,13-14H,4-6,9-10,12H2,1-3H3,(H,21,22,24). The van der Waals surface area contributed by atoms with Crippen molar-refractivity contribution in [2.75, 3.05) is 25.5 Å². The minimum absolute atomic E-state index is 0.0345. The van der Waals surface area contributed by atoms with E-state index in [1.165, 1.54) is 30.6 Å². The Bertz CT molecular complexity index is 770. The molecule has 1 aliphatic heterocycles. The van der Waals surface area contributed by atoms with Crippen LogP contribution >= 0.6 is 11.3 Å². The average molecular weight is 390 g/mol. The molecule has 0 unspecified atom stereocenters. The van der Waals surface area contributed by atoms with Crippen LogP contribution in [0.15, 0.2) is 23.6 Å². The predicted octanol–water partition coefficient (Wildman–Crippen LogP) is 4.18. The van der Waals surface area contributed by atoms with Gasteiger partial charge in [-0.15, -0.1) is 11.3 Å². The molecule has 1 aliphatic rings. The van der Waals surface area contributed by atoms with E-state index in [4.69, 9.17) is 9.47 Å². The summed E-state index contributed by atoms with van der Waals surface area (Å²) < 4.78 is 11.0. The number of thiazole rings is 1. The monoisotopic (exact) mass is 389 g/mol. The van der Waals surface area contributed by atoms with Crippen LogP contribution in [0.2, 0.25) is 0 Å². The van der Waals surface area contributed by atoms with Gasteiger partial charge >= 0.3 is 0 Å². The number of hydrogen-bond acceptors (Lipinski definition) is 6. The highest BCUT2D eigenvalue weighted by atomic mass is 32.1. The first kappa shape index (κ1) is 19.6. The maximum Gasteiger partial charge on any atom is 0.257 e. The molecule has 146 valence electrons. The third-order valence-corrected chi connectivity index (χ3v) is 5.20. The van der Waals surface area contributed by atoms with Crippen molar-refractivity contribution in [3.63, 3.8) is 0 Å². The molecule has 1 amide bonds. The number of amides is 1. The van der Waals surface area contributed by atoms with E-state index in [-0.39, 0.29) is 12.0 Å². The number of carbonyl (C=O) groups is 1. The van der Waals surface area contributed by atoms with E-state index >= 15 is 0 Å². The van der Waals surface area contributed by atoms with Gasteiger partial charge in [0, 0.05) is 17.5 Å². The molecule has 6 nitrogen and oxygen atoms in total. The molecule has 1 aromatic carbocycles. The number of anilines is 1. The number of likely N-dealkylation sites (tertiary alicyclic amines) is 1. The van der Waals surface area contributed by atoms with E-state index in [1.807, 2.05) is 19.2 Å². The summed E-state index contributed by atoms with van der Waals surface area (Å²) in [5, 5.41) is 5.52. The molecule has 0 radical (unpaired) electrons. The molecule has 7 heteroatoms. The highest BCUT2D eigenvalue weighted by Crippen LogP contribution is 2.29. The lowest BCUT2D eigenvalue weighted by Crippen LogP contribution is -2.29. The number of nitrogens with zero attached hydrogens (tertiary/aromatic N) is 2. The summed E-state index contributed by atoms with van der Waals surface area (Å²) in [5.74, 6) is 0.965. The first-order valence-electron chi connectivity index (χ1n) is 9.38. The second-order valence-corrected chi connectivity index (χ2v) is 7.83. The maximum absolute atomic E-state index is 12.6. The molecule has 2 aromatic rings. The summed E-state index contributed by atoms with van der Waals surface area (Å²) in [6.07, 6.45) is 3.87. The molecule has 1 saturated heterocycles. The van der Waals surface area contributed by atoms with E-state index in [0.717, 1.165) is 25.3 Å². The van der Waals surface area contributed by atoms with Gasteiger partial charge in [-0.1, -0.05) is 6.42 Å². The smallest absolute Gasteiger partial charge is 0.257 e. The lowest BCUT2D eigenvalue weighted by molar-refractivity contribution is 0.102. The number of aromatic nitrogens is 1. The van der Waals surface area contributed by atoms with Crippen LogP contribution in [0, 0.1) is 0 Å². The van der Waals surface area contributed by atoms with Crippen LogP contribution in [0.25, 0.3) is 0 Å². The first-order chi connectivity index (χ1) is 13.0. The van der Waals surface area contributed by atoms with Crippen LogP contribution < -0.4 is 14.8 Å². The summed E-state index contributed by atoms with van der Waals surface area (Å²) in [6.45, 7) is 7.00. The molecular formula is C20H27N3O3S. The van der Waals surface area contributed by atoms with Crippen LogP contribution in [0.1, 0.15) is 49.2 Å². The van der Waals surface area contributed by atoms with Crippen LogP contribution in [-0.4, -0.2) is 42.1 Å². The van der Waals surface area contributed by atoms with E-state index in [0.29, 0.717) is 22.2 Å². The van der Waals surface area contributed by atoms with Gasteiger partial charge in [0.1, 0.15) is 0 Å². The van der Waals surface area contributed by atoms with E-state index in [9.17, 15) is 4.79 Å². The number of nitrogens with one attached hydrogen (secondary N) is 1. The van der Waals surface area contributed by atoms with Gasteiger partial charge < -0.3 is 9.47 Å². The number of ether oxygens (including phenoxy) is 2. The zero-order chi connectivity index (χ0) is 19.2. The normalized spacial score (nSPS) is 15.0. The largest absolute Gasteiger partial charge is 0.493 e. The fourth-order valence-corrected chi connectivity index (χ4v) is 3.81. The molecule has 3 rings (SSSR count). The molecule has 0 spiro atoms. The highest BCUT2D eigenvalue weighted by Gasteiger charge is 2.15. The van der Waals surface area contributed by atoms with Gasteiger partial charge in [-0.05, 0) is 58.0 Å². The molecule has 1 N–H and O–H groups in total. The Hall–Kier alpha value is -2.12. The van der Waals surface area contributed by atoms with Gasteiger partial charge in [0.2, 0.25) is 0 Å². The van der Waals surface area contributed by atoms with Gasteiger partial charge in [-0.3, -0.25) is 15.0 Å². The fraction of sp³-hybridized carbons (Fsp3) is 0.500. The van der Waals surface area contributed by atoms with E-state index in [2.05, 4.69) is 15.2 Å². The Morgan fingerprint density at radius 2 is 2.04 bits per heavy atom. The number of carbonyl (C=O) groups excluding carboxylic acids is 1. The second-order valence-electron chi connectivity index (χ2n) is 6.97. The molecule has 2 heterocycles. The Labute approximate surface area is 164 Å². The summed E-state index contributed by atoms with van der Waals surface area (Å²) in [5.41, 5.74) is 1.52. The van der Waals surface area contributed by atoms with E-state index in [1.54, 1.807) is 25.3 Å². The first-order valence-corrected chi connectivity index (χ1v) is 10.3. The second kappa shape index (κ2) is 9.19. The number of piperidine rings is 1. The Morgan fingerprint density at radius 1 is 1.26 bits per heavy atom. The van der Waals surface area contributed by atoms with Crippen molar-refractivity contribution in [1.29, 1.82) is 0 Å². The average Bonchev–Trinajstić information content (AvgIpc) is 3.09. The minimum Gasteiger partial charge on any atom is -0.493 e. The summed E-state index contributed by atoms with van der Waals surface area (Å²) in [7, 11) is 1.57. The lowest BCUT2D eigenvalue weighted by atomic mass is 10.1. The molecule has 0 aliphatic carbocycles. The quantitative estimate of drug-likeness (QED) is 0.770. The van der Waals surface area contributed by atoms with Gasteiger partial charge in [0.05, 0.1) is 18.9 Å². The predicted molar refractivity (Wildman–Crippen MR) is 108 cm³/mol. The van der Waals surface area contributed by atoms with Crippen molar-refractivity contribution < 1.29 is 14.3 Å². The zero-order valence-corrected chi connectivity index (χ0v) is 17.0. The maximum atomic E-state index is 12.6. The third-order valence-electron chi connectivity index (χ3n) is 4.39. The van der Waals surface area contributed by atoms with Crippen molar-refractivity contribution in [3.05, 3.63) is 34.8 Å². The van der Waals surface area contributed by atoms with Crippen LogP contribution in [0.5, 0.6) is 11.5 Å². The topological polar surface area (TPSA) is 63.7 Å². The van der Waals surface area contributed by atoms with Crippen molar-refractivity contribution in [2.24, 2.45) is 0 Å². The van der Waals surface area contributed by atoms with Crippen LogP contribution in [0.4, 0.5) is 5.13 Å². The zero-order valence-electron chi connectivity index (χ0n) is 16.2. The number of rotatable bonds is 7. The molecule has 0 atom stereocenters. The molecule has 1 fully saturated rings. The van der Waals surface area contributed by atoms with Crippen molar-refractivity contribution in [2.45, 2.75) is 45.8 Å². The Morgan fingerprint density at radius 3 is 2.74 bits per heavy atom. The van der Waals surface area contributed by atoms with Gasteiger partial charge in [0.25, 0.3) is 5.91 Å². The molecule has 27 heavy (non-hydrogen) atoms. The van der Waals surface area contributed by atoms with Crippen molar-refractivity contribution >= 4 is 22.4 Å². The van der Waals surface area contributed by atoms with Gasteiger partial charge in [-0.2, -0.15) is 0 Å². The summed E-state index contributed by atoms with van der Waals surface area (Å²) in [4.78, 5) is 19.5. The van der Waals surface area contributed by atoms with Crippen molar-refractivity contribution in [1.82, 2.24) is 9.88 Å². The minimum atomic E-state index is -0.205. The third kappa shape index (κ3) is 5.43. The lowest BCUT2D eigenvalue weighted by Gasteiger charge is -2.25. The van der Waals surface area contributed by atoms with Crippen molar-refractivity contribution in [3.8, 4) is 11.5 Å². The van der Waals surface area contributed by atoms with Crippen LogP contribution in [0.3, 0.4) is 0 Å². The molecule has 0 bridgehead atoms. The highest BCUT2D eigenvalue weighted by molar-refractivity contribution is 7.13. The Balaban J connectivity index is 1.63. The number of benzene rings is 1. The number of methoxy groups -OCH3 is 1.